The van der Waals surface area contributed by atoms with Crippen molar-refractivity contribution < 1.29 is 18.8 Å². The van der Waals surface area contributed by atoms with Crippen molar-refractivity contribution in [2.45, 2.75) is 38.6 Å². The third-order valence-electron chi connectivity index (χ3n) is 5.76. The average Bonchev–Trinajstić information content (AvgIpc) is 2.74. The van der Waals surface area contributed by atoms with Crippen LogP contribution in [0.25, 0.3) is 0 Å². The van der Waals surface area contributed by atoms with Gasteiger partial charge in [-0.15, -0.1) is 0 Å². The van der Waals surface area contributed by atoms with E-state index in [0.29, 0.717) is 44.5 Å². The molecule has 1 aromatic carbocycles. The topological polar surface area (TPSA) is 79.2 Å². The molecule has 0 bridgehead atoms. The number of ether oxygens (including phenoxy) is 1. The molecular formula is C20H29FN4O4. The first-order chi connectivity index (χ1) is 14.0. The molecule has 8 nitrogen and oxygen atoms in total. The van der Waals surface area contributed by atoms with Crippen LogP contribution in [0.4, 0.5) is 20.6 Å². The van der Waals surface area contributed by atoms with Gasteiger partial charge in [0.15, 0.2) is 5.82 Å². The van der Waals surface area contributed by atoms with Gasteiger partial charge in [-0.2, -0.15) is 0 Å². The Morgan fingerprint density at radius 3 is 2.48 bits per heavy atom. The van der Waals surface area contributed by atoms with Crippen LogP contribution in [0, 0.1) is 15.9 Å². The number of hydrogen-bond acceptors (Lipinski definition) is 6. The zero-order chi connectivity index (χ0) is 20.8. The van der Waals surface area contributed by atoms with E-state index >= 15 is 0 Å². The summed E-state index contributed by atoms with van der Waals surface area (Å²) in [5.41, 5.74) is 0.195. The molecule has 2 aliphatic heterocycles. The lowest BCUT2D eigenvalue weighted by Gasteiger charge is -2.43. The van der Waals surface area contributed by atoms with E-state index in [1.807, 2.05) is 4.90 Å². The molecule has 1 amide bonds. The smallest absolute Gasteiger partial charge is 0.409 e. The maximum atomic E-state index is 14.3. The van der Waals surface area contributed by atoms with E-state index in [1.54, 1.807) is 4.90 Å². The lowest BCUT2D eigenvalue weighted by molar-refractivity contribution is -0.385. The van der Waals surface area contributed by atoms with Crippen LogP contribution in [0.1, 0.15) is 32.6 Å². The molecule has 2 saturated heterocycles. The van der Waals surface area contributed by atoms with E-state index in [2.05, 4.69) is 11.8 Å². The molecule has 0 unspecified atom stereocenters. The summed E-state index contributed by atoms with van der Waals surface area (Å²) < 4.78 is 19.6. The van der Waals surface area contributed by atoms with E-state index in [0.717, 1.165) is 44.8 Å². The van der Waals surface area contributed by atoms with Crippen LogP contribution in [0.3, 0.4) is 0 Å². The van der Waals surface area contributed by atoms with Gasteiger partial charge < -0.3 is 14.5 Å². The highest BCUT2D eigenvalue weighted by atomic mass is 19.1. The Balaban J connectivity index is 1.46. The minimum Gasteiger partial charge on any atom is -0.449 e. The SMILES string of the molecule is CCCCOC(=O)N1CCN(C2CCN(c3ccc([N+](=O)[O-])cc3F)CC2)CC1. The van der Waals surface area contributed by atoms with Gasteiger partial charge in [0, 0.05) is 51.4 Å². The number of unbranched alkanes of at least 4 members (excludes halogenated alkanes) is 1. The number of nitro groups is 1. The van der Waals surface area contributed by atoms with Crippen LogP contribution in [0.2, 0.25) is 0 Å². The van der Waals surface area contributed by atoms with Gasteiger partial charge in [0.2, 0.25) is 0 Å². The molecule has 0 aliphatic carbocycles. The van der Waals surface area contributed by atoms with Crippen LogP contribution in [-0.2, 0) is 4.74 Å². The second kappa shape index (κ2) is 9.87. The Morgan fingerprint density at radius 1 is 1.21 bits per heavy atom. The summed E-state index contributed by atoms with van der Waals surface area (Å²) in [6.07, 6.45) is 3.47. The van der Waals surface area contributed by atoms with Crippen molar-refractivity contribution in [1.29, 1.82) is 0 Å². The van der Waals surface area contributed by atoms with Crippen molar-refractivity contribution in [2.75, 3.05) is 50.8 Å². The fraction of sp³-hybridized carbons (Fsp3) is 0.650. The summed E-state index contributed by atoms with van der Waals surface area (Å²) in [7, 11) is 0. The lowest BCUT2D eigenvalue weighted by Crippen LogP contribution is -2.54. The van der Waals surface area contributed by atoms with Crippen LogP contribution in [0.15, 0.2) is 18.2 Å². The number of hydrogen-bond donors (Lipinski definition) is 0. The van der Waals surface area contributed by atoms with E-state index in [-0.39, 0.29) is 11.8 Å². The number of anilines is 1. The van der Waals surface area contributed by atoms with Gasteiger partial charge in [0.25, 0.3) is 5.69 Å². The highest BCUT2D eigenvalue weighted by Crippen LogP contribution is 2.28. The highest BCUT2D eigenvalue weighted by molar-refractivity contribution is 5.67. The fourth-order valence-electron chi connectivity index (χ4n) is 4.00. The van der Waals surface area contributed by atoms with Gasteiger partial charge in [-0.25, -0.2) is 9.18 Å². The largest absolute Gasteiger partial charge is 0.449 e. The third kappa shape index (κ3) is 5.35. The van der Waals surface area contributed by atoms with E-state index in [4.69, 9.17) is 4.74 Å². The molecule has 3 rings (SSSR count). The Labute approximate surface area is 170 Å². The molecule has 0 spiro atoms. The Kier molecular flexibility index (Phi) is 7.24. The van der Waals surface area contributed by atoms with Crippen LogP contribution in [0.5, 0.6) is 0 Å². The number of rotatable bonds is 6. The van der Waals surface area contributed by atoms with E-state index in [1.165, 1.54) is 12.1 Å². The van der Waals surface area contributed by atoms with Gasteiger partial charge in [-0.05, 0) is 25.3 Å². The summed E-state index contributed by atoms with van der Waals surface area (Å²) >= 11 is 0. The molecule has 29 heavy (non-hydrogen) atoms. The molecule has 0 saturated carbocycles. The van der Waals surface area contributed by atoms with Gasteiger partial charge in [-0.3, -0.25) is 15.0 Å². The van der Waals surface area contributed by atoms with Crippen molar-refractivity contribution in [3.05, 3.63) is 34.1 Å². The molecule has 1 aromatic rings. The highest BCUT2D eigenvalue weighted by Gasteiger charge is 2.30. The fourth-order valence-corrected chi connectivity index (χ4v) is 4.00. The first kappa shape index (κ1) is 21.3. The standard InChI is InChI=1S/C20H29FN4O4/c1-2-3-14-29-20(26)24-12-10-22(11-13-24)16-6-8-23(9-7-16)19-5-4-17(25(27)28)15-18(19)21/h4-5,15-16H,2-3,6-14H2,1H3. The van der Waals surface area contributed by atoms with Crippen LogP contribution < -0.4 is 4.90 Å². The maximum Gasteiger partial charge on any atom is 0.409 e. The van der Waals surface area contributed by atoms with Crippen LogP contribution in [-0.4, -0.2) is 72.7 Å². The van der Waals surface area contributed by atoms with Crippen molar-refractivity contribution in [1.82, 2.24) is 9.80 Å². The number of piperidine rings is 1. The maximum absolute atomic E-state index is 14.3. The molecule has 2 heterocycles. The number of carbonyl (C=O) groups excluding carboxylic acids is 1. The Hall–Kier alpha value is -2.42. The number of piperazine rings is 1. The monoisotopic (exact) mass is 408 g/mol. The number of benzene rings is 1. The molecule has 0 N–H and O–H groups in total. The normalized spacial score (nSPS) is 18.7. The Bertz CT molecular complexity index is 716. The summed E-state index contributed by atoms with van der Waals surface area (Å²) in [4.78, 5) is 28.4. The average molecular weight is 408 g/mol. The lowest BCUT2D eigenvalue weighted by atomic mass is 10.0. The molecule has 0 radical (unpaired) electrons. The minimum absolute atomic E-state index is 0.221. The zero-order valence-corrected chi connectivity index (χ0v) is 16.9. The number of nitrogens with zero attached hydrogens (tertiary/aromatic N) is 4. The third-order valence-corrected chi connectivity index (χ3v) is 5.76. The quantitative estimate of drug-likeness (QED) is 0.408. The minimum atomic E-state index is -0.585. The number of nitro benzene ring substituents is 1. The summed E-state index contributed by atoms with van der Waals surface area (Å²) in [5.74, 6) is -0.548. The summed E-state index contributed by atoms with van der Waals surface area (Å²) in [5, 5.41) is 10.8. The van der Waals surface area contributed by atoms with Crippen molar-refractivity contribution in [3.8, 4) is 0 Å². The molecule has 9 heteroatoms. The van der Waals surface area contributed by atoms with Crippen LogP contribution >= 0.6 is 0 Å². The first-order valence-corrected chi connectivity index (χ1v) is 10.3. The predicted molar refractivity (Wildman–Crippen MR) is 108 cm³/mol. The van der Waals surface area contributed by atoms with Gasteiger partial charge >= 0.3 is 6.09 Å². The number of halogens is 1. The molecule has 2 aliphatic rings. The number of amides is 1. The van der Waals surface area contributed by atoms with Gasteiger partial charge in [0.1, 0.15) is 0 Å². The van der Waals surface area contributed by atoms with E-state index < -0.39 is 10.7 Å². The number of carbonyl (C=O) groups is 1. The Morgan fingerprint density at radius 2 is 1.90 bits per heavy atom. The predicted octanol–water partition coefficient (Wildman–Crippen LogP) is 3.26. The molecular weight excluding hydrogens is 379 g/mol. The first-order valence-electron chi connectivity index (χ1n) is 10.3. The molecule has 0 atom stereocenters. The van der Waals surface area contributed by atoms with Crippen molar-refractivity contribution >= 4 is 17.5 Å². The molecule has 160 valence electrons. The summed E-state index contributed by atoms with van der Waals surface area (Å²) in [6, 6.07) is 4.24. The second-order valence-electron chi connectivity index (χ2n) is 7.60. The molecule has 2 fully saturated rings. The zero-order valence-electron chi connectivity index (χ0n) is 16.9. The van der Waals surface area contributed by atoms with Gasteiger partial charge in [-0.1, -0.05) is 13.3 Å². The molecule has 0 aromatic heterocycles. The van der Waals surface area contributed by atoms with Crippen molar-refractivity contribution in [3.63, 3.8) is 0 Å². The summed E-state index contributed by atoms with van der Waals surface area (Å²) in [6.45, 7) is 6.93. The van der Waals surface area contributed by atoms with Crippen molar-refractivity contribution in [2.24, 2.45) is 0 Å². The van der Waals surface area contributed by atoms with E-state index in [9.17, 15) is 19.3 Å². The second-order valence-corrected chi connectivity index (χ2v) is 7.60. The van der Waals surface area contributed by atoms with Gasteiger partial charge in [0.05, 0.1) is 23.3 Å². The number of non-ortho nitro benzene ring substituents is 1.